The fraction of sp³-hybridized carbons (Fsp3) is 0.647. The zero-order valence-corrected chi connectivity index (χ0v) is 13.7. The summed E-state index contributed by atoms with van der Waals surface area (Å²) in [5, 5.41) is 2.95. The minimum Gasteiger partial charge on any atom is -0.497 e. The molecule has 5 nitrogen and oxygen atoms in total. The highest BCUT2D eigenvalue weighted by atomic mass is 16.5. The highest BCUT2D eigenvalue weighted by Crippen LogP contribution is 2.14. The van der Waals surface area contributed by atoms with Gasteiger partial charge in [-0.15, -0.1) is 0 Å². The third-order valence-corrected chi connectivity index (χ3v) is 4.24. The number of amides is 1. The van der Waals surface area contributed by atoms with E-state index < -0.39 is 0 Å². The zero-order chi connectivity index (χ0) is 15.8. The van der Waals surface area contributed by atoms with E-state index in [1.807, 2.05) is 6.07 Å². The normalized spacial score (nSPS) is 17.5. The standard InChI is InChI=1S/C17H27N3O2/c1-14(20-9-5-3-4-6-10-20)11-17(21)19-13-15-12-16(22-2)7-8-18-15/h7-8,12,14H,3-6,9-11,13H2,1-2H3,(H,19,21). The summed E-state index contributed by atoms with van der Waals surface area (Å²) in [6.45, 7) is 4.83. The zero-order valence-electron chi connectivity index (χ0n) is 13.7. The van der Waals surface area contributed by atoms with Crippen molar-refractivity contribution in [3.8, 4) is 5.75 Å². The quantitative estimate of drug-likeness (QED) is 0.876. The van der Waals surface area contributed by atoms with Gasteiger partial charge < -0.3 is 15.0 Å². The third-order valence-electron chi connectivity index (χ3n) is 4.24. The third kappa shape index (κ3) is 5.30. The number of methoxy groups -OCH3 is 1. The Morgan fingerprint density at radius 1 is 1.36 bits per heavy atom. The van der Waals surface area contributed by atoms with E-state index in [0.29, 0.717) is 19.0 Å². The molecule has 122 valence electrons. The van der Waals surface area contributed by atoms with Crippen molar-refractivity contribution >= 4 is 5.91 Å². The Bertz CT molecular complexity index is 471. The van der Waals surface area contributed by atoms with Crippen LogP contribution in [0.3, 0.4) is 0 Å². The first-order chi connectivity index (χ1) is 10.7. The summed E-state index contributed by atoms with van der Waals surface area (Å²) in [6, 6.07) is 3.95. The van der Waals surface area contributed by atoms with Gasteiger partial charge in [0.1, 0.15) is 5.75 Å². The Morgan fingerprint density at radius 2 is 2.09 bits per heavy atom. The Morgan fingerprint density at radius 3 is 2.77 bits per heavy atom. The predicted molar refractivity (Wildman–Crippen MR) is 86.8 cm³/mol. The van der Waals surface area contributed by atoms with E-state index in [1.165, 1.54) is 25.7 Å². The molecule has 1 amide bonds. The van der Waals surface area contributed by atoms with Crippen molar-refractivity contribution in [1.29, 1.82) is 0 Å². The lowest BCUT2D eigenvalue weighted by Crippen LogP contribution is -2.38. The number of aromatic nitrogens is 1. The maximum Gasteiger partial charge on any atom is 0.221 e. The minimum absolute atomic E-state index is 0.0846. The Balaban J connectivity index is 1.76. The SMILES string of the molecule is COc1ccnc(CNC(=O)CC(C)N2CCCCCC2)c1. The van der Waals surface area contributed by atoms with Gasteiger partial charge in [0.25, 0.3) is 0 Å². The van der Waals surface area contributed by atoms with E-state index in [2.05, 4.69) is 22.1 Å². The summed E-state index contributed by atoms with van der Waals surface area (Å²) in [5.74, 6) is 0.846. The van der Waals surface area contributed by atoms with Crippen LogP contribution in [0.1, 0.15) is 44.7 Å². The Hall–Kier alpha value is -1.62. The lowest BCUT2D eigenvalue weighted by atomic mass is 10.2. The van der Waals surface area contributed by atoms with E-state index in [9.17, 15) is 4.79 Å². The molecule has 0 radical (unpaired) electrons. The molecule has 0 spiro atoms. The maximum atomic E-state index is 12.1. The molecule has 0 aliphatic carbocycles. The second kappa shape index (κ2) is 8.73. The second-order valence-corrected chi connectivity index (χ2v) is 5.97. The summed E-state index contributed by atoms with van der Waals surface area (Å²) in [7, 11) is 1.63. The molecule has 1 aromatic heterocycles. The molecule has 1 unspecified atom stereocenters. The van der Waals surface area contributed by atoms with E-state index >= 15 is 0 Å². The van der Waals surface area contributed by atoms with E-state index in [1.54, 1.807) is 19.4 Å². The molecule has 0 bridgehead atoms. The molecule has 1 atom stereocenters. The molecule has 0 saturated carbocycles. The number of rotatable bonds is 6. The van der Waals surface area contributed by atoms with Gasteiger partial charge in [0.2, 0.25) is 5.91 Å². The van der Waals surface area contributed by atoms with E-state index in [-0.39, 0.29) is 5.91 Å². The van der Waals surface area contributed by atoms with Gasteiger partial charge in [-0.1, -0.05) is 12.8 Å². The summed E-state index contributed by atoms with van der Waals surface area (Å²) >= 11 is 0. The van der Waals surface area contributed by atoms with Gasteiger partial charge in [0.05, 0.1) is 19.3 Å². The van der Waals surface area contributed by atoms with Crippen molar-refractivity contribution in [3.63, 3.8) is 0 Å². The maximum absolute atomic E-state index is 12.1. The number of nitrogens with zero attached hydrogens (tertiary/aromatic N) is 2. The molecule has 1 saturated heterocycles. The number of carbonyl (C=O) groups excluding carboxylic acids is 1. The first-order valence-corrected chi connectivity index (χ1v) is 8.18. The number of hydrogen-bond acceptors (Lipinski definition) is 4. The minimum atomic E-state index is 0.0846. The number of carbonyl (C=O) groups is 1. The molecule has 2 rings (SSSR count). The van der Waals surface area contributed by atoms with Crippen LogP contribution in [0.2, 0.25) is 0 Å². The van der Waals surface area contributed by atoms with Gasteiger partial charge in [0, 0.05) is 24.7 Å². The highest BCUT2D eigenvalue weighted by Gasteiger charge is 2.18. The average molecular weight is 305 g/mol. The van der Waals surface area contributed by atoms with Gasteiger partial charge in [-0.2, -0.15) is 0 Å². The molecule has 5 heteroatoms. The smallest absolute Gasteiger partial charge is 0.221 e. The monoisotopic (exact) mass is 305 g/mol. The molecule has 2 heterocycles. The summed E-state index contributed by atoms with van der Waals surface area (Å²) < 4.78 is 5.16. The van der Waals surface area contributed by atoms with Crippen LogP contribution >= 0.6 is 0 Å². The topological polar surface area (TPSA) is 54.5 Å². The van der Waals surface area contributed by atoms with Gasteiger partial charge in [-0.3, -0.25) is 9.78 Å². The van der Waals surface area contributed by atoms with Crippen molar-refractivity contribution in [2.75, 3.05) is 20.2 Å². The number of hydrogen-bond donors (Lipinski definition) is 1. The first-order valence-electron chi connectivity index (χ1n) is 8.18. The average Bonchev–Trinajstić information content (AvgIpc) is 2.82. The molecule has 1 aliphatic heterocycles. The van der Waals surface area contributed by atoms with Gasteiger partial charge >= 0.3 is 0 Å². The molecular formula is C17H27N3O2. The summed E-state index contributed by atoms with van der Waals surface area (Å²) in [5.41, 5.74) is 0.815. The summed E-state index contributed by atoms with van der Waals surface area (Å²) in [4.78, 5) is 18.8. The van der Waals surface area contributed by atoms with Gasteiger partial charge in [0.15, 0.2) is 0 Å². The van der Waals surface area contributed by atoms with Crippen LogP contribution in [0.5, 0.6) is 5.75 Å². The second-order valence-electron chi connectivity index (χ2n) is 5.97. The van der Waals surface area contributed by atoms with Crippen LogP contribution in [-0.2, 0) is 11.3 Å². The van der Waals surface area contributed by atoms with Crippen LogP contribution in [-0.4, -0.2) is 42.0 Å². The Labute approximate surface area is 133 Å². The van der Waals surface area contributed by atoms with E-state index in [4.69, 9.17) is 4.74 Å². The van der Waals surface area contributed by atoms with Crippen LogP contribution in [0.25, 0.3) is 0 Å². The van der Waals surface area contributed by atoms with Crippen molar-refractivity contribution in [3.05, 3.63) is 24.0 Å². The van der Waals surface area contributed by atoms with Crippen molar-refractivity contribution in [1.82, 2.24) is 15.2 Å². The fourth-order valence-electron chi connectivity index (χ4n) is 2.87. The predicted octanol–water partition coefficient (Wildman–Crippen LogP) is 2.36. The highest BCUT2D eigenvalue weighted by molar-refractivity contribution is 5.76. The number of likely N-dealkylation sites (tertiary alicyclic amines) is 1. The number of pyridine rings is 1. The lowest BCUT2D eigenvalue weighted by molar-refractivity contribution is -0.122. The molecule has 1 aromatic rings. The molecule has 22 heavy (non-hydrogen) atoms. The lowest BCUT2D eigenvalue weighted by Gasteiger charge is -2.27. The number of nitrogens with one attached hydrogen (secondary N) is 1. The summed E-state index contributed by atoms with van der Waals surface area (Å²) in [6.07, 6.45) is 7.37. The van der Waals surface area contributed by atoms with Gasteiger partial charge in [-0.25, -0.2) is 0 Å². The van der Waals surface area contributed by atoms with Crippen molar-refractivity contribution < 1.29 is 9.53 Å². The van der Waals surface area contributed by atoms with E-state index in [0.717, 1.165) is 24.5 Å². The molecule has 0 aromatic carbocycles. The number of ether oxygens (including phenoxy) is 1. The van der Waals surface area contributed by atoms with Crippen molar-refractivity contribution in [2.24, 2.45) is 0 Å². The van der Waals surface area contributed by atoms with Crippen LogP contribution < -0.4 is 10.1 Å². The molecule has 1 N–H and O–H groups in total. The van der Waals surface area contributed by atoms with Gasteiger partial charge in [-0.05, 0) is 38.9 Å². The van der Waals surface area contributed by atoms with Crippen molar-refractivity contribution in [2.45, 2.75) is 51.6 Å². The Kier molecular flexibility index (Phi) is 6.65. The van der Waals surface area contributed by atoms with Crippen LogP contribution in [0.15, 0.2) is 18.3 Å². The molecule has 1 fully saturated rings. The first kappa shape index (κ1) is 16.7. The van der Waals surface area contributed by atoms with Crippen LogP contribution in [0.4, 0.5) is 0 Å². The van der Waals surface area contributed by atoms with Crippen LogP contribution in [0, 0.1) is 0 Å². The fourth-order valence-corrected chi connectivity index (χ4v) is 2.87. The molecular weight excluding hydrogens is 278 g/mol. The molecule has 1 aliphatic rings. The largest absolute Gasteiger partial charge is 0.497 e.